The molecule has 2 unspecified atom stereocenters. The van der Waals surface area contributed by atoms with Crippen LogP contribution in [0.2, 0.25) is 5.02 Å². The van der Waals surface area contributed by atoms with Crippen molar-refractivity contribution in [3.8, 4) is 22.5 Å². The molecule has 0 saturated carbocycles. The number of benzene rings is 1. The molecule has 13 heteroatoms. The number of aromatic nitrogens is 5. The van der Waals surface area contributed by atoms with Crippen LogP contribution in [0.1, 0.15) is 6.92 Å². The summed E-state index contributed by atoms with van der Waals surface area (Å²) in [4.78, 5) is 30.6. The summed E-state index contributed by atoms with van der Waals surface area (Å²) in [5, 5.41) is 11.6. The number of tetrazole rings is 1. The molecule has 1 aromatic carbocycles. The molecule has 4 rings (SSSR count). The molecule has 2 aromatic heterocycles. The Labute approximate surface area is 191 Å². The highest BCUT2D eigenvalue weighted by Gasteiger charge is 2.44. The summed E-state index contributed by atoms with van der Waals surface area (Å²) in [5.41, 5.74) is 5.58. The number of nitrogens with zero attached hydrogens (tertiary/aromatic N) is 6. The van der Waals surface area contributed by atoms with Crippen molar-refractivity contribution in [3.63, 3.8) is 0 Å². The molecule has 172 valence electrons. The van der Waals surface area contributed by atoms with E-state index in [4.69, 9.17) is 22.1 Å². The molecule has 1 fully saturated rings. The van der Waals surface area contributed by atoms with Crippen molar-refractivity contribution in [2.45, 2.75) is 13.0 Å². The van der Waals surface area contributed by atoms with Crippen molar-refractivity contribution < 1.29 is 23.1 Å². The lowest BCUT2D eigenvalue weighted by atomic mass is 9.95. The maximum atomic E-state index is 15.2. The molecule has 0 aliphatic carbocycles. The van der Waals surface area contributed by atoms with Gasteiger partial charge in [-0.3, -0.25) is 14.5 Å². The monoisotopic (exact) mass is 477 g/mol. The van der Waals surface area contributed by atoms with Gasteiger partial charge in [-0.1, -0.05) is 11.6 Å². The summed E-state index contributed by atoms with van der Waals surface area (Å²) >= 11 is 6.03. The number of carbonyl (C=O) groups is 2. The third-order valence-corrected chi connectivity index (χ3v) is 5.39. The number of rotatable bonds is 6. The number of hydrogen-bond donors (Lipinski definition) is 1. The standard InChI is InChI=1S/C20H18ClF2N7O3/c1-3-30(20(32)12-8-33-16(12)17(24)31)19-14(23)4-9(7-25-19)11-5-10(21)6-13(22)15(11)18-26-28-29(2)27-18/h4-7,12,16H,3,8H2,1-2H3,(H2,24,31). The Morgan fingerprint density at radius 3 is 2.61 bits per heavy atom. The Morgan fingerprint density at radius 2 is 2.06 bits per heavy atom. The Kier molecular flexibility index (Phi) is 6.04. The summed E-state index contributed by atoms with van der Waals surface area (Å²) < 4.78 is 35.0. The molecule has 3 heterocycles. The van der Waals surface area contributed by atoms with Crippen LogP contribution in [0.15, 0.2) is 24.4 Å². The van der Waals surface area contributed by atoms with Gasteiger partial charge in [0.25, 0.3) is 0 Å². The number of anilines is 1. The minimum atomic E-state index is -1.06. The van der Waals surface area contributed by atoms with Gasteiger partial charge < -0.3 is 10.5 Å². The second-order valence-corrected chi connectivity index (χ2v) is 7.72. The van der Waals surface area contributed by atoms with Crippen LogP contribution in [0.4, 0.5) is 14.6 Å². The first-order valence-electron chi connectivity index (χ1n) is 9.82. The largest absolute Gasteiger partial charge is 0.367 e. The summed E-state index contributed by atoms with van der Waals surface area (Å²) in [6.07, 6.45) is 0.215. The molecule has 2 N–H and O–H groups in total. The number of pyridine rings is 1. The Bertz CT molecular complexity index is 1250. The van der Waals surface area contributed by atoms with Gasteiger partial charge in [-0.05, 0) is 35.9 Å². The number of nitrogens with two attached hydrogens (primary N) is 1. The van der Waals surface area contributed by atoms with Gasteiger partial charge in [0.05, 0.1) is 25.1 Å². The van der Waals surface area contributed by atoms with Crippen LogP contribution in [-0.2, 0) is 21.4 Å². The van der Waals surface area contributed by atoms with Crippen LogP contribution in [0.25, 0.3) is 22.5 Å². The highest BCUT2D eigenvalue weighted by Crippen LogP contribution is 2.36. The molecule has 1 aliphatic heterocycles. The summed E-state index contributed by atoms with van der Waals surface area (Å²) in [6.45, 7) is 1.72. The van der Waals surface area contributed by atoms with Crippen molar-refractivity contribution in [3.05, 3.63) is 41.1 Å². The van der Waals surface area contributed by atoms with E-state index in [0.717, 1.165) is 21.8 Å². The quantitative estimate of drug-likeness (QED) is 0.572. The second-order valence-electron chi connectivity index (χ2n) is 7.29. The van der Waals surface area contributed by atoms with Crippen molar-refractivity contribution in [2.24, 2.45) is 18.7 Å². The number of halogens is 3. The highest BCUT2D eigenvalue weighted by atomic mass is 35.5. The first kappa shape index (κ1) is 22.7. The van der Waals surface area contributed by atoms with E-state index >= 15 is 4.39 Å². The molecule has 1 saturated heterocycles. The number of primary amides is 1. The molecular formula is C20H18ClF2N7O3. The zero-order chi connectivity index (χ0) is 23.9. The molecular weight excluding hydrogens is 460 g/mol. The van der Waals surface area contributed by atoms with Gasteiger partial charge in [0.1, 0.15) is 11.9 Å². The van der Waals surface area contributed by atoms with Crippen LogP contribution in [0, 0.1) is 17.6 Å². The summed E-state index contributed by atoms with van der Waals surface area (Å²) in [6, 6.07) is 3.62. The lowest BCUT2D eigenvalue weighted by molar-refractivity contribution is -0.166. The fourth-order valence-electron chi connectivity index (χ4n) is 3.57. The van der Waals surface area contributed by atoms with Crippen LogP contribution < -0.4 is 10.6 Å². The van der Waals surface area contributed by atoms with Gasteiger partial charge in [0.2, 0.25) is 17.6 Å². The lowest BCUT2D eigenvalue weighted by Gasteiger charge is -2.36. The van der Waals surface area contributed by atoms with E-state index in [2.05, 4.69) is 20.4 Å². The Morgan fingerprint density at radius 1 is 1.30 bits per heavy atom. The van der Waals surface area contributed by atoms with E-state index in [1.807, 2.05) is 0 Å². The molecule has 2 amide bonds. The van der Waals surface area contributed by atoms with Crippen LogP contribution in [0.5, 0.6) is 0 Å². The number of ether oxygens (including phenoxy) is 1. The fraction of sp³-hybridized carbons (Fsp3) is 0.300. The van der Waals surface area contributed by atoms with Gasteiger partial charge in [0.15, 0.2) is 11.6 Å². The first-order chi connectivity index (χ1) is 15.7. The van der Waals surface area contributed by atoms with Gasteiger partial charge in [0, 0.05) is 23.3 Å². The van der Waals surface area contributed by atoms with Crippen molar-refractivity contribution in [1.29, 1.82) is 0 Å². The molecule has 0 radical (unpaired) electrons. The van der Waals surface area contributed by atoms with Gasteiger partial charge >= 0.3 is 0 Å². The maximum absolute atomic E-state index is 15.2. The minimum Gasteiger partial charge on any atom is -0.367 e. The van der Waals surface area contributed by atoms with E-state index < -0.39 is 35.5 Å². The number of carbonyl (C=O) groups excluding carboxylic acids is 2. The molecule has 2 atom stereocenters. The number of amides is 2. The summed E-state index contributed by atoms with van der Waals surface area (Å²) in [5.74, 6) is -3.95. The third kappa shape index (κ3) is 4.14. The smallest absolute Gasteiger partial charge is 0.247 e. The van der Waals surface area contributed by atoms with E-state index in [9.17, 15) is 14.0 Å². The van der Waals surface area contributed by atoms with Crippen LogP contribution in [-0.4, -0.2) is 56.3 Å². The molecule has 10 nitrogen and oxygen atoms in total. The van der Waals surface area contributed by atoms with Gasteiger partial charge in [-0.2, -0.15) is 4.80 Å². The van der Waals surface area contributed by atoms with Crippen LogP contribution >= 0.6 is 11.6 Å². The van der Waals surface area contributed by atoms with Crippen molar-refractivity contribution in [1.82, 2.24) is 25.2 Å². The second kappa shape index (κ2) is 8.79. The predicted octanol–water partition coefficient (Wildman–Crippen LogP) is 1.72. The highest BCUT2D eigenvalue weighted by molar-refractivity contribution is 6.31. The molecule has 1 aliphatic rings. The topological polar surface area (TPSA) is 129 Å². The van der Waals surface area contributed by atoms with Gasteiger partial charge in [-0.15, -0.1) is 10.2 Å². The number of hydrogen-bond acceptors (Lipinski definition) is 7. The zero-order valence-electron chi connectivity index (χ0n) is 17.5. The molecule has 0 spiro atoms. The van der Waals surface area contributed by atoms with E-state index in [0.29, 0.717) is 0 Å². The fourth-order valence-corrected chi connectivity index (χ4v) is 3.77. The average molecular weight is 478 g/mol. The molecule has 3 aromatic rings. The molecule has 33 heavy (non-hydrogen) atoms. The van der Waals surface area contributed by atoms with Gasteiger partial charge in [-0.25, -0.2) is 13.8 Å². The normalized spacial score (nSPS) is 17.5. The first-order valence-corrected chi connectivity index (χ1v) is 10.2. The van der Waals surface area contributed by atoms with E-state index in [1.165, 1.54) is 19.3 Å². The van der Waals surface area contributed by atoms with Crippen LogP contribution in [0.3, 0.4) is 0 Å². The minimum absolute atomic E-state index is 0.00109. The zero-order valence-corrected chi connectivity index (χ0v) is 18.3. The summed E-state index contributed by atoms with van der Waals surface area (Å²) in [7, 11) is 1.52. The van der Waals surface area contributed by atoms with Crippen molar-refractivity contribution >= 4 is 29.2 Å². The molecule has 0 bridgehead atoms. The average Bonchev–Trinajstić information content (AvgIpc) is 3.13. The maximum Gasteiger partial charge on any atom is 0.247 e. The van der Waals surface area contributed by atoms with Crippen molar-refractivity contribution in [2.75, 3.05) is 18.1 Å². The lowest BCUT2D eigenvalue weighted by Crippen LogP contribution is -2.56. The Hall–Kier alpha value is -3.51. The predicted molar refractivity (Wildman–Crippen MR) is 113 cm³/mol. The van der Waals surface area contributed by atoms with E-state index in [-0.39, 0.29) is 46.5 Å². The SMILES string of the molecule is CCN(C(=O)C1COC1C(N)=O)c1ncc(-c2cc(Cl)cc(F)c2-c2nnn(C)n2)cc1F. The Balaban J connectivity index is 1.73. The third-order valence-electron chi connectivity index (χ3n) is 5.18. The number of aryl methyl sites for hydroxylation is 1. The van der Waals surface area contributed by atoms with E-state index in [1.54, 1.807) is 6.92 Å².